The van der Waals surface area contributed by atoms with Gasteiger partial charge in [-0.05, 0) is 0 Å². The van der Waals surface area contributed by atoms with Crippen molar-refractivity contribution in [2.24, 2.45) is 0 Å². The van der Waals surface area contributed by atoms with E-state index in [2.05, 4.69) is 0 Å². The first-order valence-electron chi connectivity index (χ1n) is 6.87. The maximum Gasteiger partial charge on any atom is 0.186 e. The first kappa shape index (κ1) is 17.9. The van der Waals surface area contributed by atoms with Crippen LogP contribution in [0.15, 0.2) is 0 Å². The van der Waals surface area contributed by atoms with E-state index < -0.39 is 61.9 Å². The zero-order chi connectivity index (χ0) is 16.4. The number of hydrogen-bond donors (Lipinski definition) is 6. The molecule has 0 aromatic carbocycles. The highest BCUT2D eigenvalue weighted by atomic mass is 16.7. The maximum atomic E-state index is 10.1. The molecular formula is C12H22O10. The molecule has 2 aliphatic rings. The Bertz CT molecular complexity index is 339. The monoisotopic (exact) mass is 326 g/mol. The number of hydrogen-bond acceptors (Lipinski definition) is 10. The quantitative estimate of drug-likeness (QED) is 0.300. The Morgan fingerprint density at radius 2 is 1.64 bits per heavy atom. The van der Waals surface area contributed by atoms with Gasteiger partial charge in [-0.25, -0.2) is 0 Å². The molecule has 0 amide bonds. The van der Waals surface area contributed by atoms with Gasteiger partial charge in [-0.1, -0.05) is 0 Å². The van der Waals surface area contributed by atoms with E-state index in [1.807, 2.05) is 0 Å². The lowest BCUT2D eigenvalue weighted by atomic mass is 9.98. The molecule has 130 valence electrons. The molecule has 10 nitrogen and oxygen atoms in total. The van der Waals surface area contributed by atoms with Gasteiger partial charge in [-0.2, -0.15) is 0 Å². The summed E-state index contributed by atoms with van der Waals surface area (Å²) < 4.78 is 20.4. The SMILES string of the molecule is CO[C@H]1O[C@H](CO)[C@@H](O)[C@H](O[C@@H]2OC[C@@H](O)[C@H](O)[C@H]2O)[C@@H]1O. The minimum absolute atomic E-state index is 0.282. The second-order valence-electron chi connectivity index (χ2n) is 5.29. The van der Waals surface area contributed by atoms with Crippen LogP contribution >= 0.6 is 0 Å². The van der Waals surface area contributed by atoms with Crippen molar-refractivity contribution < 1.29 is 49.6 Å². The molecule has 10 heteroatoms. The van der Waals surface area contributed by atoms with Gasteiger partial charge in [0, 0.05) is 7.11 Å². The third-order valence-corrected chi connectivity index (χ3v) is 3.80. The van der Waals surface area contributed by atoms with Gasteiger partial charge in [0.15, 0.2) is 12.6 Å². The summed E-state index contributed by atoms with van der Waals surface area (Å²) in [5.74, 6) is 0. The Labute approximate surface area is 126 Å². The fraction of sp³-hybridized carbons (Fsp3) is 1.00. The number of methoxy groups -OCH3 is 1. The highest BCUT2D eigenvalue weighted by Crippen LogP contribution is 2.27. The molecule has 2 fully saturated rings. The second-order valence-corrected chi connectivity index (χ2v) is 5.29. The summed E-state index contributed by atoms with van der Waals surface area (Å²) in [5, 5.41) is 58.1. The zero-order valence-corrected chi connectivity index (χ0v) is 11.9. The van der Waals surface area contributed by atoms with E-state index >= 15 is 0 Å². The minimum Gasteiger partial charge on any atom is -0.394 e. The van der Waals surface area contributed by atoms with Crippen LogP contribution < -0.4 is 0 Å². The van der Waals surface area contributed by atoms with Gasteiger partial charge < -0.3 is 49.6 Å². The summed E-state index contributed by atoms with van der Waals surface area (Å²) in [7, 11) is 1.27. The Kier molecular flexibility index (Phi) is 6.07. The van der Waals surface area contributed by atoms with Crippen LogP contribution in [0.4, 0.5) is 0 Å². The molecule has 2 heterocycles. The van der Waals surface area contributed by atoms with Crippen molar-refractivity contribution in [2.75, 3.05) is 20.3 Å². The molecule has 9 atom stereocenters. The fourth-order valence-electron chi connectivity index (χ4n) is 2.46. The molecule has 0 bridgehead atoms. The minimum atomic E-state index is -1.57. The number of ether oxygens (including phenoxy) is 4. The summed E-state index contributed by atoms with van der Waals surface area (Å²) in [5.41, 5.74) is 0. The van der Waals surface area contributed by atoms with E-state index in [4.69, 9.17) is 18.9 Å². The molecule has 22 heavy (non-hydrogen) atoms. The Hall–Kier alpha value is -0.400. The first-order chi connectivity index (χ1) is 10.4. The molecule has 0 spiro atoms. The molecule has 2 rings (SSSR count). The maximum absolute atomic E-state index is 10.1. The van der Waals surface area contributed by atoms with Crippen LogP contribution in [0.2, 0.25) is 0 Å². The lowest BCUT2D eigenvalue weighted by molar-refractivity contribution is -0.346. The lowest BCUT2D eigenvalue weighted by Gasteiger charge is -2.44. The van der Waals surface area contributed by atoms with Crippen LogP contribution in [0.25, 0.3) is 0 Å². The van der Waals surface area contributed by atoms with Crippen LogP contribution in [-0.2, 0) is 18.9 Å². The van der Waals surface area contributed by atoms with Crippen molar-refractivity contribution >= 4 is 0 Å². The number of aliphatic hydroxyl groups is 6. The van der Waals surface area contributed by atoms with Crippen molar-refractivity contribution in [3.63, 3.8) is 0 Å². The zero-order valence-electron chi connectivity index (χ0n) is 11.9. The Morgan fingerprint density at radius 3 is 2.23 bits per heavy atom. The third-order valence-electron chi connectivity index (χ3n) is 3.80. The van der Waals surface area contributed by atoms with Gasteiger partial charge in [0.25, 0.3) is 0 Å². The van der Waals surface area contributed by atoms with Gasteiger partial charge in [0.05, 0.1) is 13.2 Å². The van der Waals surface area contributed by atoms with Gasteiger partial charge in [-0.3, -0.25) is 0 Å². The molecule has 0 unspecified atom stereocenters. The molecule has 2 saturated heterocycles. The Morgan fingerprint density at radius 1 is 0.955 bits per heavy atom. The average Bonchev–Trinajstić information content (AvgIpc) is 2.51. The van der Waals surface area contributed by atoms with Gasteiger partial charge >= 0.3 is 0 Å². The molecule has 6 N–H and O–H groups in total. The standard InChI is InChI=1S/C12H22O10/c1-19-11-9(18)10(7(16)5(2-13)21-11)22-12-8(17)6(15)4(14)3-20-12/h4-18H,2-3H2,1H3/t4-,5-,6+,7-,8-,9+,10+,11+,12+/m1/s1. The van der Waals surface area contributed by atoms with Crippen LogP contribution in [0.3, 0.4) is 0 Å². The lowest BCUT2D eigenvalue weighted by Crippen LogP contribution is -2.63. The summed E-state index contributed by atoms with van der Waals surface area (Å²) in [6.07, 6.45) is -12.0. The van der Waals surface area contributed by atoms with Gasteiger partial charge in [0.2, 0.25) is 0 Å². The molecular weight excluding hydrogens is 304 g/mol. The number of aliphatic hydroxyl groups excluding tert-OH is 6. The number of rotatable bonds is 4. The molecule has 0 radical (unpaired) electrons. The highest BCUT2D eigenvalue weighted by molar-refractivity contribution is 4.92. The molecule has 0 saturated carbocycles. The predicted molar refractivity (Wildman–Crippen MR) is 67.4 cm³/mol. The van der Waals surface area contributed by atoms with Crippen LogP contribution in [0, 0.1) is 0 Å². The van der Waals surface area contributed by atoms with E-state index in [0.717, 1.165) is 0 Å². The Balaban J connectivity index is 2.08. The van der Waals surface area contributed by atoms with Crippen molar-refractivity contribution in [1.82, 2.24) is 0 Å². The molecule has 0 aliphatic carbocycles. The van der Waals surface area contributed by atoms with Crippen molar-refractivity contribution in [3.05, 3.63) is 0 Å². The second kappa shape index (κ2) is 7.45. The van der Waals surface area contributed by atoms with E-state index in [-0.39, 0.29) is 6.61 Å². The fourth-order valence-corrected chi connectivity index (χ4v) is 2.46. The van der Waals surface area contributed by atoms with Crippen molar-refractivity contribution in [1.29, 1.82) is 0 Å². The van der Waals surface area contributed by atoms with Crippen LogP contribution in [0.1, 0.15) is 0 Å². The summed E-state index contributed by atoms with van der Waals surface area (Å²) >= 11 is 0. The highest BCUT2D eigenvalue weighted by Gasteiger charge is 2.48. The van der Waals surface area contributed by atoms with Crippen molar-refractivity contribution in [3.8, 4) is 0 Å². The van der Waals surface area contributed by atoms with E-state index in [1.165, 1.54) is 7.11 Å². The largest absolute Gasteiger partial charge is 0.394 e. The van der Waals surface area contributed by atoms with Crippen LogP contribution in [0.5, 0.6) is 0 Å². The van der Waals surface area contributed by atoms with Gasteiger partial charge in [-0.15, -0.1) is 0 Å². The normalized spacial score (nSPS) is 50.0. The summed E-state index contributed by atoms with van der Waals surface area (Å²) in [4.78, 5) is 0. The third kappa shape index (κ3) is 3.41. The topological polar surface area (TPSA) is 158 Å². The summed E-state index contributed by atoms with van der Waals surface area (Å²) in [6, 6.07) is 0. The molecule has 0 aromatic heterocycles. The predicted octanol–water partition coefficient (Wildman–Crippen LogP) is -4.10. The van der Waals surface area contributed by atoms with E-state index in [9.17, 15) is 30.6 Å². The molecule has 2 aliphatic heterocycles. The van der Waals surface area contributed by atoms with Crippen LogP contribution in [-0.4, -0.2) is 106 Å². The first-order valence-corrected chi connectivity index (χ1v) is 6.87. The van der Waals surface area contributed by atoms with Gasteiger partial charge in [0.1, 0.15) is 42.7 Å². The van der Waals surface area contributed by atoms with Crippen molar-refractivity contribution in [2.45, 2.75) is 55.3 Å². The summed E-state index contributed by atoms with van der Waals surface area (Å²) in [6.45, 7) is -0.821. The average molecular weight is 326 g/mol. The smallest absolute Gasteiger partial charge is 0.186 e. The van der Waals surface area contributed by atoms with E-state index in [0.29, 0.717) is 0 Å². The van der Waals surface area contributed by atoms with E-state index in [1.54, 1.807) is 0 Å². The molecule has 0 aromatic rings.